The molecular formula is C26H34N2O5S2. The number of thiophene rings is 1. The second-order valence-electron chi connectivity index (χ2n) is 9.23. The van der Waals surface area contributed by atoms with Gasteiger partial charge in [-0.2, -0.15) is 0 Å². The van der Waals surface area contributed by atoms with E-state index in [1.807, 2.05) is 30.3 Å². The van der Waals surface area contributed by atoms with Gasteiger partial charge in [-0.15, -0.1) is 11.3 Å². The van der Waals surface area contributed by atoms with Crippen molar-refractivity contribution >= 4 is 38.2 Å². The van der Waals surface area contributed by atoms with E-state index in [2.05, 4.69) is 5.32 Å². The van der Waals surface area contributed by atoms with E-state index in [0.717, 1.165) is 41.7 Å². The number of piperidine rings is 1. The van der Waals surface area contributed by atoms with Crippen LogP contribution in [0.4, 0.5) is 5.00 Å². The van der Waals surface area contributed by atoms with Gasteiger partial charge in [0.25, 0.3) is 0 Å². The van der Waals surface area contributed by atoms with E-state index in [4.69, 9.17) is 4.74 Å². The van der Waals surface area contributed by atoms with Crippen molar-refractivity contribution in [2.75, 3.05) is 30.8 Å². The molecule has 1 aliphatic carbocycles. The van der Waals surface area contributed by atoms with E-state index in [1.54, 1.807) is 6.92 Å². The molecule has 2 heterocycles. The summed E-state index contributed by atoms with van der Waals surface area (Å²) < 4.78 is 32.7. The second kappa shape index (κ2) is 11.7. The number of nitrogens with one attached hydrogen (secondary N) is 1. The molecule has 0 spiro atoms. The topological polar surface area (TPSA) is 92.8 Å². The lowest BCUT2D eigenvalue weighted by atomic mass is 9.95. The predicted molar refractivity (Wildman–Crippen MR) is 138 cm³/mol. The zero-order valence-electron chi connectivity index (χ0n) is 20.3. The zero-order chi connectivity index (χ0) is 24.8. The van der Waals surface area contributed by atoms with Gasteiger partial charge in [-0.1, -0.05) is 30.3 Å². The first-order chi connectivity index (χ1) is 16.9. The zero-order valence-corrected chi connectivity index (χ0v) is 21.9. The van der Waals surface area contributed by atoms with Gasteiger partial charge < -0.3 is 10.1 Å². The summed E-state index contributed by atoms with van der Waals surface area (Å²) in [6, 6.07) is 9.85. The Hall–Kier alpha value is -2.23. The van der Waals surface area contributed by atoms with Gasteiger partial charge in [0.15, 0.2) is 0 Å². The molecule has 2 aromatic rings. The summed E-state index contributed by atoms with van der Waals surface area (Å²) in [5.41, 5.74) is 2.61. The lowest BCUT2D eigenvalue weighted by molar-refractivity contribution is -0.120. The van der Waals surface area contributed by atoms with Gasteiger partial charge in [-0.3, -0.25) is 4.79 Å². The van der Waals surface area contributed by atoms with Crippen molar-refractivity contribution in [1.82, 2.24) is 4.31 Å². The molecular weight excluding hydrogens is 484 g/mol. The van der Waals surface area contributed by atoms with Crippen LogP contribution in [0.2, 0.25) is 0 Å². The molecule has 1 amide bonds. The number of carbonyl (C=O) groups excluding carboxylic acids is 2. The lowest BCUT2D eigenvalue weighted by Crippen LogP contribution is -2.44. The maximum Gasteiger partial charge on any atom is 0.341 e. The minimum absolute atomic E-state index is 0.0703. The van der Waals surface area contributed by atoms with Crippen LogP contribution in [0, 0.1) is 5.92 Å². The number of anilines is 1. The summed E-state index contributed by atoms with van der Waals surface area (Å²) in [4.78, 5) is 27.0. The first-order valence-corrected chi connectivity index (χ1v) is 15.0. The summed E-state index contributed by atoms with van der Waals surface area (Å²) in [5.74, 6) is -0.991. The number of fused-ring (bicyclic) bond motifs is 1. The van der Waals surface area contributed by atoms with Gasteiger partial charge in [0.05, 0.1) is 23.8 Å². The van der Waals surface area contributed by atoms with Crippen molar-refractivity contribution in [3.05, 3.63) is 51.9 Å². The number of sulfonamides is 1. The standard InChI is InChI=1S/C26H34N2O5S2/c1-2-33-26(30)23-21-14-6-7-15-22(21)34-25(23)27-24(29)20-13-8-16-28(18-20)35(31,32)17-9-12-19-10-4-3-5-11-19/h3-5,10-11,20H,2,6-9,12-18H2,1H3,(H,27,29)/t20-/m0/s1. The fraction of sp³-hybridized carbons (Fsp3) is 0.538. The largest absolute Gasteiger partial charge is 0.462 e. The number of carbonyl (C=O) groups is 2. The SMILES string of the molecule is CCOC(=O)c1c(NC(=O)[C@H]2CCCN(S(=O)(=O)CCCc3ccccc3)C2)sc2c1CCCC2. The molecule has 4 rings (SSSR count). The normalized spacial score (nSPS) is 18.6. The number of benzene rings is 1. The number of hydrogen-bond acceptors (Lipinski definition) is 6. The molecule has 1 N–H and O–H groups in total. The maximum atomic E-state index is 13.2. The average molecular weight is 519 g/mol. The molecule has 9 heteroatoms. The van der Waals surface area contributed by atoms with E-state index >= 15 is 0 Å². The number of esters is 1. The van der Waals surface area contributed by atoms with E-state index < -0.39 is 21.9 Å². The Morgan fingerprint density at radius 3 is 2.69 bits per heavy atom. The highest BCUT2D eigenvalue weighted by Gasteiger charge is 2.34. The van der Waals surface area contributed by atoms with Crippen LogP contribution in [-0.4, -0.2) is 50.0 Å². The number of amides is 1. The molecule has 35 heavy (non-hydrogen) atoms. The maximum absolute atomic E-state index is 13.2. The molecule has 190 valence electrons. The van der Waals surface area contributed by atoms with Crippen LogP contribution < -0.4 is 5.32 Å². The highest BCUT2D eigenvalue weighted by atomic mass is 32.2. The van der Waals surface area contributed by atoms with E-state index in [9.17, 15) is 18.0 Å². The minimum Gasteiger partial charge on any atom is -0.462 e. The first kappa shape index (κ1) is 25.9. The second-order valence-corrected chi connectivity index (χ2v) is 12.4. The number of rotatable bonds is 9. The molecule has 1 aromatic carbocycles. The van der Waals surface area contributed by atoms with E-state index in [0.29, 0.717) is 42.8 Å². The lowest BCUT2D eigenvalue weighted by Gasteiger charge is -2.31. The summed E-state index contributed by atoms with van der Waals surface area (Å²) in [6.45, 7) is 2.67. The molecule has 1 fully saturated rings. The third-order valence-corrected chi connectivity index (χ3v) is 9.88. The van der Waals surface area contributed by atoms with Crippen molar-refractivity contribution < 1.29 is 22.7 Å². The number of nitrogens with zero attached hydrogens (tertiary/aromatic N) is 1. The number of ether oxygens (including phenoxy) is 1. The van der Waals surface area contributed by atoms with Crippen molar-refractivity contribution in [2.45, 2.75) is 58.3 Å². The summed E-state index contributed by atoms with van der Waals surface area (Å²) >= 11 is 1.46. The Morgan fingerprint density at radius 2 is 1.91 bits per heavy atom. The van der Waals surface area contributed by atoms with Crippen molar-refractivity contribution in [3.8, 4) is 0 Å². The highest BCUT2D eigenvalue weighted by molar-refractivity contribution is 7.89. The number of aryl methyl sites for hydroxylation is 2. The van der Waals surface area contributed by atoms with Crippen LogP contribution in [0.25, 0.3) is 0 Å². The molecule has 0 saturated carbocycles. The molecule has 1 atom stereocenters. The van der Waals surface area contributed by atoms with Gasteiger partial charge in [-0.05, 0) is 69.4 Å². The van der Waals surface area contributed by atoms with Crippen LogP contribution in [0.5, 0.6) is 0 Å². The molecule has 2 aliphatic rings. The van der Waals surface area contributed by atoms with Crippen LogP contribution >= 0.6 is 11.3 Å². The fourth-order valence-electron chi connectivity index (χ4n) is 4.93. The van der Waals surface area contributed by atoms with Crippen molar-refractivity contribution in [3.63, 3.8) is 0 Å². The molecule has 1 aromatic heterocycles. The van der Waals surface area contributed by atoms with Gasteiger partial charge in [-0.25, -0.2) is 17.5 Å². The smallest absolute Gasteiger partial charge is 0.341 e. The quantitative estimate of drug-likeness (QED) is 0.496. The Morgan fingerprint density at radius 1 is 1.14 bits per heavy atom. The Bertz CT molecular complexity index is 1140. The Balaban J connectivity index is 1.40. The van der Waals surface area contributed by atoms with Crippen molar-refractivity contribution in [1.29, 1.82) is 0 Å². The van der Waals surface area contributed by atoms with E-state index in [1.165, 1.54) is 15.6 Å². The minimum atomic E-state index is -3.44. The fourth-order valence-corrected chi connectivity index (χ4v) is 7.79. The van der Waals surface area contributed by atoms with Gasteiger partial charge >= 0.3 is 5.97 Å². The van der Waals surface area contributed by atoms with Crippen LogP contribution in [0.15, 0.2) is 30.3 Å². The molecule has 0 unspecified atom stereocenters. The molecule has 0 bridgehead atoms. The molecule has 0 radical (unpaired) electrons. The van der Waals surface area contributed by atoms with Crippen molar-refractivity contribution in [2.24, 2.45) is 5.92 Å². The summed E-state index contributed by atoms with van der Waals surface area (Å²) in [6.07, 6.45) is 6.32. The summed E-state index contributed by atoms with van der Waals surface area (Å²) in [5, 5.41) is 3.52. The predicted octanol–water partition coefficient (Wildman–Crippen LogP) is 4.42. The summed E-state index contributed by atoms with van der Waals surface area (Å²) in [7, 11) is -3.44. The molecule has 1 aliphatic heterocycles. The van der Waals surface area contributed by atoms with Gasteiger partial charge in [0.1, 0.15) is 5.00 Å². The van der Waals surface area contributed by atoms with E-state index in [-0.39, 0.29) is 24.8 Å². The van der Waals surface area contributed by atoms with Gasteiger partial charge in [0.2, 0.25) is 15.9 Å². The van der Waals surface area contributed by atoms with Crippen LogP contribution in [0.3, 0.4) is 0 Å². The monoisotopic (exact) mass is 518 g/mol. The highest BCUT2D eigenvalue weighted by Crippen LogP contribution is 2.39. The Kier molecular flexibility index (Phi) is 8.62. The Labute approximate surface area is 211 Å². The molecule has 7 nitrogen and oxygen atoms in total. The number of hydrogen-bond donors (Lipinski definition) is 1. The van der Waals surface area contributed by atoms with Crippen LogP contribution in [0.1, 0.15) is 65.4 Å². The van der Waals surface area contributed by atoms with Gasteiger partial charge in [0, 0.05) is 18.0 Å². The third kappa shape index (κ3) is 6.32. The molecule has 1 saturated heterocycles. The van der Waals surface area contributed by atoms with Crippen LogP contribution in [-0.2, 0) is 38.8 Å². The average Bonchev–Trinajstić information content (AvgIpc) is 3.22. The first-order valence-electron chi connectivity index (χ1n) is 12.5. The third-order valence-electron chi connectivity index (χ3n) is 6.75.